The van der Waals surface area contributed by atoms with E-state index in [1.165, 1.54) is 17.0 Å². The van der Waals surface area contributed by atoms with Crippen LogP contribution < -0.4 is 4.72 Å². The molecule has 0 spiro atoms. The Balaban J connectivity index is 2.10. The van der Waals surface area contributed by atoms with Crippen molar-refractivity contribution >= 4 is 21.4 Å². The molecule has 108 valence electrons. The molecule has 1 atom stereocenters. The van der Waals surface area contributed by atoms with Gasteiger partial charge in [-0.3, -0.25) is 0 Å². The molecule has 0 aliphatic rings. The second kappa shape index (κ2) is 5.95. The van der Waals surface area contributed by atoms with Crippen LogP contribution in [-0.2, 0) is 16.4 Å². The van der Waals surface area contributed by atoms with Gasteiger partial charge >= 0.3 is 0 Å². The zero-order chi connectivity index (χ0) is 14.8. The fourth-order valence-electron chi connectivity index (χ4n) is 1.95. The molecule has 0 bridgehead atoms. The summed E-state index contributed by atoms with van der Waals surface area (Å²) in [4.78, 5) is 2.25. The molecule has 1 unspecified atom stereocenters. The highest BCUT2D eigenvalue weighted by atomic mass is 32.2. The second-order valence-corrected chi connectivity index (χ2v) is 7.76. The maximum Gasteiger partial charge on any atom is 0.244 e. The average molecular weight is 311 g/mol. The van der Waals surface area contributed by atoms with Crippen LogP contribution >= 0.6 is 11.3 Å². The maximum absolute atomic E-state index is 12.2. The van der Waals surface area contributed by atoms with Crippen molar-refractivity contribution in [1.29, 1.82) is 0 Å². The smallest absolute Gasteiger partial charge is 0.244 e. The Hall–Kier alpha value is -1.37. The predicted molar refractivity (Wildman–Crippen MR) is 80.7 cm³/mol. The van der Waals surface area contributed by atoms with Gasteiger partial charge in [-0.25, -0.2) is 13.1 Å². The lowest BCUT2D eigenvalue weighted by molar-refractivity contribution is 0.457. The molecule has 0 saturated heterocycles. The van der Waals surface area contributed by atoms with E-state index in [1.807, 2.05) is 26.0 Å². The van der Waals surface area contributed by atoms with Crippen LogP contribution in [0.15, 0.2) is 41.3 Å². The van der Waals surface area contributed by atoms with E-state index in [4.69, 9.17) is 0 Å². The first-order valence-electron chi connectivity index (χ1n) is 6.24. The van der Waals surface area contributed by atoms with Gasteiger partial charge in [-0.15, -0.1) is 11.3 Å². The standard InChI is InChI=1S/C14H17NO3S2/c1-10(9-12-8-7-11(2)19-12)15-20(17,18)14-6-4-3-5-13(14)16/h3-8,10,15-16H,9H2,1-2H3. The SMILES string of the molecule is Cc1ccc(CC(C)NS(=O)(=O)c2ccccc2O)s1. The number of nitrogens with one attached hydrogen (secondary N) is 1. The molecule has 0 fully saturated rings. The van der Waals surface area contributed by atoms with E-state index in [-0.39, 0.29) is 16.7 Å². The van der Waals surface area contributed by atoms with Crippen molar-refractivity contribution in [3.05, 3.63) is 46.2 Å². The summed E-state index contributed by atoms with van der Waals surface area (Å²) in [7, 11) is -3.70. The number of hydrogen-bond acceptors (Lipinski definition) is 4. The van der Waals surface area contributed by atoms with Crippen molar-refractivity contribution in [2.24, 2.45) is 0 Å². The van der Waals surface area contributed by atoms with E-state index in [9.17, 15) is 13.5 Å². The fraction of sp³-hybridized carbons (Fsp3) is 0.286. The summed E-state index contributed by atoms with van der Waals surface area (Å²) in [6, 6.07) is 9.71. The van der Waals surface area contributed by atoms with Crippen LogP contribution in [0, 0.1) is 6.92 Å². The lowest BCUT2D eigenvalue weighted by Crippen LogP contribution is -2.33. The highest BCUT2D eigenvalue weighted by molar-refractivity contribution is 7.89. The molecule has 1 aromatic heterocycles. The summed E-state index contributed by atoms with van der Waals surface area (Å²) < 4.78 is 27.0. The van der Waals surface area contributed by atoms with Crippen LogP contribution in [0.25, 0.3) is 0 Å². The largest absolute Gasteiger partial charge is 0.507 e. The third kappa shape index (κ3) is 3.59. The first-order chi connectivity index (χ1) is 9.38. The number of aryl methyl sites for hydroxylation is 1. The monoisotopic (exact) mass is 311 g/mol. The summed E-state index contributed by atoms with van der Waals surface area (Å²) in [5, 5.41) is 9.63. The van der Waals surface area contributed by atoms with Crippen molar-refractivity contribution in [1.82, 2.24) is 4.72 Å². The summed E-state index contributed by atoms with van der Waals surface area (Å²) in [6.07, 6.45) is 0.630. The highest BCUT2D eigenvalue weighted by Gasteiger charge is 2.20. The molecule has 1 heterocycles. The summed E-state index contributed by atoms with van der Waals surface area (Å²) in [5.41, 5.74) is 0. The molecule has 0 saturated carbocycles. The van der Waals surface area contributed by atoms with Crippen molar-refractivity contribution in [2.75, 3.05) is 0 Å². The van der Waals surface area contributed by atoms with Crippen molar-refractivity contribution in [2.45, 2.75) is 31.2 Å². The molecule has 6 heteroatoms. The molecule has 0 aliphatic carbocycles. The van der Waals surface area contributed by atoms with Gasteiger partial charge in [-0.2, -0.15) is 0 Å². The van der Waals surface area contributed by atoms with Gasteiger partial charge in [0.25, 0.3) is 0 Å². The molecule has 4 nitrogen and oxygen atoms in total. The number of rotatable bonds is 5. The summed E-state index contributed by atoms with van der Waals surface area (Å²) in [5.74, 6) is -0.237. The van der Waals surface area contributed by atoms with Gasteiger partial charge < -0.3 is 5.11 Å². The van der Waals surface area contributed by atoms with Gasteiger partial charge in [0.15, 0.2) is 0 Å². The lowest BCUT2D eigenvalue weighted by Gasteiger charge is -2.14. The third-order valence-electron chi connectivity index (χ3n) is 2.81. The molecule has 2 N–H and O–H groups in total. The van der Waals surface area contributed by atoms with Crippen LogP contribution in [0.4, 0.5) is 0 Å². The molecule has 1 aromatic carbocycles. The van der Waals surface area contributed by atoms with Gasteiger partial charge in [0.2, 0.25) is 10.0 Å². The fourth-order valence-corrected chi connectivity index (χ4v) is 4.31. The maximum atomic E-state index is 12.2. The van der Waals surface area contributed by atoms with E-state index < -0.39 is 10.0 Å². The van der Waals surface area contributed by atoms with Crippen molar-refractivity contribution < 1.29 is 13.5 Å². The Bertz CT molecular complexity index is 692. The minimum absolute atomic E-state index is 0.0887. The average Bonchev–Trinajstić information content (AvgIpc) is 2.74. The van der Waals surface area contributed by atoms with Gasteiger partial charge in [0, 0.05) is 15.8 Å². The predicted octanol–water partition coefficient (Wildman–Crippen LogP) is 2.67. The topological polar surface area (TPSA) is 66.4 Å². The third-order valence-corrected chi connectivity index (χ3v) is 5.47. The van der Waals surface area contributed by atoms with Crippen molar-refractivity contribution in [3.8, 4) is 5.75 Å². The quantitative estimate of drug-likeness (QED) is 0.892. The lowest BCUT2D eigenvalue weighted by atomic mass is 10.2. The number of phenols is 1. The van der Waals surface area contributed by atoms with Gasteiger partial charge in [-0.05, 0) is 44.5 Å². The zero-order valence-corrected chi connectivity index (χ0v) is 13.0. The number of aromatic hydroxyl groups is 1. The number of para-hydroxylation sites is 1. The molecule has 0 aliphatic heterocycles. The van der Waals surface area contributed by atoms with Crippen LogP contribution in [0.1, 0.15) is 16.7 Å². The van der Waals surface area contributed by atoms with Gasteiger partial charge in [-0.1, -0.05) is 12.1 Å². The van der Waals surface area contributed by atoms with Crippen LogP contribution in [0.5, 0.6) is 5.75 Å². The minimum atomic E-state index is -3.70. The Labute approximate surface area is 123 Å². The molecule has 0 radical (unpaired) electrons. The molecule has 20 heavy (non-hydrogen) atoms. The second-order valence-electron chi connectivity index (χ2n) is 4.71. The van der Waals surface area contributed by atoms with Crippen molar-refractivity contribution in [3.63, 3.8) is 0 Å². The Morgan fingerprint density at radius 3 is 2.55 bits per heavy atom. The Morgan fingerprint density at radius 1 is 1.25 bits per heavy atom. The zero-order valence-electron chi connectivity index (χ0n) is 11.3. The van der Waals surface area contributed by atoms with Crippen LogP contribution in [0.2, 0.25) is 0 Å². The molecule has 2 aromatic rings. The van der Waals surface area contributed by atoms with Crippen LogP contribution in [-0.4, -0.2) is 19.6 Å². The van der Waals surface area contributed by atoms with Gasteiger partial charge in [0.1, 0.15) is 10.6 Å². The number of benzene rings is 1. The van der Waals surface area contributed by atoms with E-state index in [1.54, 1.807) is 23.5 Å². The molecule has 0 amide bonds. The first-order valence-corrected chi connectivity index (χ1v) is 8.54. The van der Waals surface area contributed by atoms with E-state index in [0.717, 1.165) is 4.88 Å². The van der Waals surface area contributed by atoms with E-state index in [2.05, 4.69) is 4.72 Å². The van der Waals surface area contributed by atoms with Crippen LogP contribution in [0.3, 0.4) is 0 Å². The normalized spacial score (nSPS) is 13.3. The van der Waals surface area contributed by atoms with E-state index >= 15 is 0 Å². The Morgan fingerprint density at radius 2 is 1.95 bits per heavy atom. The molecular formula is C14H17NO3S2. The molecule has 2 rings (SSSR count). The minimum Gasteiger partial charge on any atom is -0.507 e. The highest BCUT2D eigenvalue weighted by Crippen LogP contribution is 2.22. The number of sulfonamides is 1. The number of thiophene rings is 1. The Kier molecular flexibility index (Phi) is 4.47. The number of hydrogen-bond donors (Lipinski definition) is 2. The molecular weight excluding hydrogens is 294 g/mol. The van der Waals surface area contributed by atoms with E-state index in [0.29, 0.717) is 6.42 Å². The first kappa shape index (κ1) is 15.0. The summed E-state index contributed by atoms with van der Waals surface area (Å²) in [6.45, 7) is 3.83. The summed E-state index contributed by atoms with van der Waals surface area (Å²) >= 11 is 1.66. The van der Waals surface area contributed by atoms with Gasteiger partial charge in [0.05, 0.1) is 0 Å². The number of phenolic OH excluding ortho intramolecular Hbond substituents is 1.